The zero-order valence-corrected chi connectivity index (χ0v) is 15.7. The van der Waals surface area contributed by atoms with Crippen molar-refractivity contribution in [3.05, 3.63) is 54.2 Å². The standard InChI is InChI=1S/C21H20FN5O/c1-21(2)18-19(24-8-7-23-18)27(20(21)28)15-10-14(11-15)25-17-6-4-12-3-5-13(22)9-16(12)26-17/h3-9,14-15H,10-11H2,1-2H3,(H,25,26). The molecule has 3 heterocycles. The molecule has 28 heavy (non-hydrogen) atoms. The zero-order valence-electron chi connectivity index (χ0n) is 15.7. The van der Waals surface area contributed by atoms with Crippen molar-refractivity contribution in [2.24, 2.45) is 0 Å². The van der Waals surface area contributed by atoms with Gasteiger partial charge in [-0.3, -0.25) is 14.7 Å². The summed E-state index contributed by atoms with van der Waals surface area (Å²) in [4.78, 5) is 28.1. The first kappa shape index (κ1) is 17.0. The maximum atomic E-state index is 13.4. The van der Waals surface area contributed by atoms with Gasteiger partial charge in [-0.15, -0.1) is 0 Å². The van der Waals surface area contributed by atoms with Gasteiger partial charge in [0.05, 0.1) is 16.6 Å². The molecular formula is C21H20FN5O. The molecule has 1 amide bonds. The third-order valence-corrected chi connectivity index (χ3v) is 5.74. The fourth-order valence-corrected chi connectivity index (χ4v) is 4.08. The van der Waals surface area contributed by atoms with Crippen LogP contribution in [-0.4, -0.2) is 32.9 Å². The highest BCUT2D eigenvalue weighted by Crippen LogP contribution is 2.43. The number of halogens is 1. The lowest BCUT2D eigenvalue weighted by atomic mass is 9.84. The van der Waals surface area contributed by atoms with Gasteiger partial charge in [-0.2, -0.15) is 0 Å². The quantitative estimate of drug-likeness (QED) is 0.757. The van der Waals surface area contributed by atoms with Crippen LogP contribution in [0.1, 0.15) is 32.4 Å². The molecule has 1 N–H and O–H groups in total. The van der Waals surface area contributed by atoms with Gasteiger partial charge in [-0.1, -0.05) is 0 Å². The van der Waals surface area contributed by atoms with Crippen LogP contribution in [0.5, 0.6) is 0 Å². The molecule has 0 spiro atoms. The lowest BCUT2D eigenvalue weighted by Gasteiger charge is -2.41. The van der Waals surface area contributed by atoms with Crippen LogP contribution >= 0.6 is 0 Å². The van der Waals surface area contributed by atoms with Crippen molar-refractivity contribution >= 4 is 28.4 Å². The van der Waals surface area contributed by atoms with Gasteiger partial charge in [0.1, 0.15) is 11.6 Å². The lowest BCUT2D eigenvalue weighted by molar-refractivity contribution is -0.123. The van der Waals surface area contributed by atoms with Gasteiger partial charge < -0.3 is 5.32 Å². The summed E-state index contributed by atoms with van der Waals surface area (Å²) in [5.74, 6) is 1.15. The monoisotopic (exact) mass is 377 g/mol. The molecule has 0 unspecified atom stereocenters. The second kappa shape index (κ2) is 5.95. The Bertz CT molecular complexity index is 1090. The summed E-state index contributed by atoms with van der Waals surface area (Å²) < 4.78 is 13.4. The number of hydrogen-bond acceptors (Lipinski definition) is 5. The number of nitrogens with zero attached hydrogens (tertiary/aromatic N) is 4. The number of anilines is 2. The largest absolute Gasteiger partial charge is 0.367 e. The van der Waals surface area contributed by atoms with E-state index < -0.39 is 5.41 Å². The van der Waals surface area contributed by atoms with Crippen LogP contribution in [-0.2, 0) is 10.2 Å². The number of carbonyl (C=O) groups excluding carboxylic acids is 1. The van der Waals surface area contributed by atoms with Crippen molar-refractivity contribution in [3.8, 4) is 0 Å². The number of carbonyl (C=O) groups is 1. The van der Waals surface area contributed by atoms with Gasteiger partial charge >= 0.3 is 0 Å². The first-order chi connectivity index (χ1) is 13.4. The SMILES string of the molecule is CC1(C)C(=O)N(C2CC(Nc3ccc4ccc(F)cc4n3)C2)c2nccnc21. The molecule has 0 saturated heterocycles. The molecule has 1 aliphatic heterocycles. The normalized spacial score (nSPS) is 22.8. The fourth-order valence-electron chi connectivity index (χ4n) is 4.08. The number of hydrogen-bond donors (Lipinski definition) is 1. The fraction of sp³-hybridized carbons (Fsp3) is 0.333. The highest BCUT2D eigenvalue weighted by molar-refractivity contribution is 6.06. The topological polar surface area (TPSA) is 71.0 Å². The summed E-state index contributed by atoms with van der Waals surface area (Å²) in [7, 11) is 0. The first-order valence-corrected chi connectivity index (χ1v) is 9.41. The summed E-state index contributed by atoms with van der Waals surface area (Å²) >= 11 is 0. The van der Waals surface area contributed by atoms with E-state index in [1.807, 2.05) is 30.9 Å². The van der Waals surface area contributed by atoms with Gasteiger partial charge in [-0.25, -0.2) is 14.4 Å². The third kappa shape index (κ3) is 2.53. The molecular weight excluding hydrogens is 357 g/mol. The van der Waals surface area contributed by atoms with E-state index in [0.29, 0.717) is 11.3 Å². The zero-order chi connectivity index (χ0) is 19.5. The Morgan fingerprint density at radius 3 is 2.71 bits per heavy atom. The van der Waals surface area contributed by atoms with E-state index in [2.05, 4.69) is 20.3 Å². The Morgan fingerprint density at radius 2 is 1.89 bits per heavy atom. The van der Waals surface area contributed by atoms with Gasteiger partial charge in [0, 0.05) is 35.9 Å². The second-order valence-corrected chi connectivity index (χ2v) is 8.03. The second-order valence-electron chi connectivity index (χ2n) is 8.03. The number of amides is 1. The smallest absolute Gasteiger partial charge is 0.240 e. The van der Waals surface area contributed by atoms with Crippen LogP contribution < -0.4 is 10.2 Å². The van der Waals surface area contributed by atoms with E-state index in [1.165, 1.54) is 12.1 Å². The molecule has 2 aromatic heterocycles. The van der Waals surface area contributed by atoms with Crippen molar-refractivity contribution < 1.29 is 9.18 Å². The van der Waals surface area contributed by atoms with Crippen LogP contribution in [0.25, 0.3) is 10.9 Å². The number of rotatable bonds is 3. The molecule has 5 rings (SSSR count). The number of aromatic nitrogens is 3. The molecule has 0 atom stereocenters. The summed E-state index contributed by atoms with van der Waals surface area (Å²) in [6.07, 6.45) is 4.88. The Labute approximate surface area is 161 Å². The average Bonchev–Trinajstić information content (AvgIpc) is 2.84. The number of pyridine rings is 1. The van der Waals surface area contributed by atoms with E-state index in [0.717, 1.165) is 29.7 Å². The summed E-state index contributed by atoms with van der Waals surface area (Å²) in [6.45, 7) is 3.80. The molecule has 1 aliphatic carbocycles. The number of fused-ring (bicyclic) bond motifs is 2. The summed E-state index contributed by atoms with van der Waals surface area (Å²) in [5.41, 5.74) is 0.725. The van der Waals surface area contributed by atoms with Crippen molar-refractivity contribution in [2.45, 2.75) is 44.2 Å². The minimum atomic E-state index is -0.647. The van der Waals surface area contributed by atoms with Crippen LogP contribution in [0.4, 0.5) is 16.0 Å². The van der Waals surface area contributed by atoms with Crippen molar-refractivity contribution in [1.29, 1.82) is 0 Å². The van der Waals surface area contributed by atoms with Crippen molar-refractivity contribution in [3.63, 3.8) is 0 Å². The predicted molar refractivity (Wildman–Crippen MR) is 105 cm³/mol. The Balaban J connectivity index is 1.31. The Kier molecular flexibility index (Phi) is 3.62. The minimum absolute atomic E-state index is 0.0523. The van der Waals surface area contributed by atoms with Crippen LogP contribution in [0.2, 0.25) is 0 Å². The van der Waals surface area contributed by atoms with Gasteiger partial charge in [-0.05, 0) is 51.0 Å². The Hall–Kier alpha value is -3.09. The molecule has 2 aliphatic rings. The predicted octanol–water partition coefficient (Wildman–Crippen LogP) is 3.43. The molecule has 7 heteroatoms. The van der Waals surface area contributed by atoms with Gasteiger partial charge in [0.2, 0.25) is 5.91 Å². The average molecular weight is 377 g/mol. The molecule has 0 bridgehead atoms. The summed E-state index contributed by atoms with van der Waals surface area (Å²) in [6, 6.07) is 8.73. The maximum absolute atomic E-state index is 13.4. The third-order valence-electron chi connectivity index (χ3n) is 5.74. The number of nitrogens with one attached hydrogen (secondary N) is 1. The maximum Gasteiger partial charge on any atom is 0.240 e. The Morgan fingerprint density at radius 1 is 1.14 bits per heavy atom. The van der Waals surface area contributed by atoms with E-state index in [4.69, 9.17) is 0 Å². The molecule has 6 nitrogen and oxygen atoms in total. The van der Waals surface area contributed by atoms with Gasteiger partial charge in [0.25, 0.3) is 0 Å². The molecule has 142 valence electrons. The molecule has 3 aromatic rings. The highest BCUT2D eigenvalue weighted by Gasteiger charge is 2.51. The molecule has 1 aromatic carbocycles. The molecule has 0 radical (unpaired) electrons. The van der Waals surface area contributed by atoms with E-state index in [-0.39, 0.29) is 23.8 Å². The molecule has 1 fully saturated rings. The minimum Gasteiger partial charge on any atom is -0.367 e. The summed E-state index contributed by atoms with van der Waals surface area (Å²) in [5, 5.41) is 4.30. The molecule has 1 saturated carbocycles. The lowest BCUT2D eigenvalue weighted by Crippen LogP contribution is -2.53. The van der Waals surface area contributed by atoms with Crippen LogP contribution in [0, 0.1) is 5.82 Å². The van der Waals surface area contributed by atoms with E-state index >= 15 is 0 Å². The first-order valence-electron chi connectivity index (χ1n) is 9.41. The number of benzene rings is 1. The van der Waals surface area contributed by atoms with Crippen LogP contribution in [0.15, 0.2) is 42.7 Å². The van der Waals surface area contributed by atoms with Gasteiger partial charge in [0.15, 0.2) is 5.82 Å². The highest BCUT2D eigenvalue weighted by atomic mass is 19.1. The van der Waals surface area contributed by atoms with E-state index in [9.17, 15) is 9.18 Å². The van der Waals surface area contributed by atoms with Crippen molar-refractivity contribution in [2.75, 3.05) is 10.2 Å². The van der Waals surface area contributed by atoms with E-state index in [1.54, 1.807) is 18.5 Å². The van der Waals surface area contributed by atoms with Crippen molar-refractivity contribution in [1.82, 2.24) is 15.0 Å². The van der Waals surface area contributed by atoms with Crippen LogP contribution in [0.3, 0.4) is 0 Å².